The van der Waals surface area contributed by atoms with Gasteiger partial charge in [-0.05, 0) is 23.8 Å². The second-order valence-electron chi connectivity index (χ2n) is 5.55. The van der Waals surface area contributed by atoms with Crippen molar-refractivity contribution in [2.75, 3.05) is 4.72 Å². The summed E-state index contributed by atoms with van der Waals surface area (Å²) < 4.78 is 27.7. The second-order valence-corrected chi connectivity index (χ2v) is 7.23. The van der Waals surface area contributed by atoms with Crippen LogP contribution in [0.4, 0.5) is 5.69 Å². The number of aromatic carboxylic acids is 1. The van der Waals surface area contributed by atoms with Gasteiger partial charge in [0.15, 0.2) is 0 Å². The molecule has 0 heterocycles. The molecule has 0 fully saturated rings. The lowest BCUT2D eigenvalue weighted by Crippen LogP contribution is -2.14. The molecule has 0 radical (unpaired) electrons. The Bertz CT molecular complexity index is 1120. The third-order valence-corrected chi connectivity index (χ3v) is 5.30. The molecule has 26 heavy (non-hydrogen) atoms. The SMILES string of the molecule is C=Cc1ccc(S(=O)(=O)Nc2cc(C(=O)O)c(O)c3ccccc23)cc1. The fourth-order valence-corrected chi connectivity index (χ4v) is 3.66. The minimum atomic E-state index is -3.94. The lowest BCUT2D eigenvalue weighted by Gasteiger charge is -2.13. The molecule has 0 aliphatic carbocycles. The van der Waals surface area contributed by atoms with Gasteiger partial charge in [0.25, 0.3) is 10.0 Å². The number of aromatic hydroxyl groups is 1. The summed E-state index contributed by atoms with van der Waals surface area (Å²) in [6.45, 7) is 3.61. The van der Waals surface area contributed by atoms with Crippen LogP contribution >= 0.6 is 0 Å². The number of carboxylic acid groups (broad SMARTS) is 1. The molecule has 3 aromatic carbocycles. The molecule has 0 atom stereocenters. The molecule has 3 N–H and O–H groups in total. The van der Waals surface area contributed by atoms with Crippen molar-refractivity contribution in [2.24, 2.45) is 0 Å². The quantitative estimate of drug-likeness (QED) is 0.595. The first-order valence-electron chi connectivity index (χ1n) is 7.57. The highest BCUT2D eigenvalue weighted by atomic mass is 32.2. The van der Waals surface area contributed by atoms with E-state index in [2.05, 4.69) is 11.3 Å². The number of benzene rings is 3. The van der Waals surface area contributed by atoms with E-state index in [4.69, 9.17) is 0 Å². The van der Waals surface area contributed by atoms with Gasteiger partial charge in [0.2, 0.25) is 0 Å². The van der Waals surface area contributed by atoms with Gasteiger partial charge in [-0.3, -0.25) is 4.72 Å². The average molecular weight is 369 g/mol. The summed E-state index contributed by atoms with van der Waals surface area (Å²) in [5.41, 5.74) is 0.458. The van der Waals surface area contributed by atoms with Crippen molar-refractivity contribution < 1.29 is 23.4 Å². The Morgan fingerprint density at radius 2 is 1.65 bits per heavy atom. The van der Waals surface area contributed by atoms with Crippen molar-refractivity contribution >= 4 is 38.5 Å². The lowest BCUT2D eigenvalue weighted by atomic mass is 10.0. The zero-order valence-corrected chi connectivity index (χ0v) is 14.3. The predicted molar refractivity (Wildman–Crippen MR) is 99.9 cm³/mol. The van der Waals surface area contributed by atoms with Gasteiger partial charge < -0.3 is 10.2 Å². The van der Waals surface area contributed by atoms with Gasteiger partial charge in [-0.25, -0.2) is 13.2 Å². The third-order valence-electron chi connectivity index (χ3n) is 3.92. The first-order valence-corrected chi connectivity index (χ1v) is 9.05. The Hall–Kier alpha value is -3.32. The van der Waals surface area contributed by atoms with Crippen molar-refractivity contribution in [3.05, 3.63) is 72.3 Å². The number of carbonyl (C=O) groups is 1. The highest BCUT2D eigenvalue weighted by Crippen LogP contribution is 2.35. The van der Waals surface area contributed by atoms with Crippen LogP contribution in [0.2, 0.25) is 0 Å². The summed E-state index contributed by atoms with van der Waals surface area (Å²) in [5.74, 6) is -1.77. The van der Waals surface area contributed by atoms with Crippen molar-refractivity contribution in [3.8, 4) is 5.75 Å². The van der Waals surface area contributed by atoms with E-state index in [1.807, 2.05) is 0 Å². The monoisotopic (exact) mass is 369 g/mol. The molecule has 6 nitrogen and oxygen atoms in total. The summed E-state index contributed by atoms with van der Waals surface area (Å²) in [7, 11) is -3.94. The highest BCUT2D eigenvalue weighted by molar-refractivity contribution is 7.92. The average Bonchev–Trinajstić information content (AvgIpc) is 2.64. The largest absolute Gasteiger partial charge is 0.506 e. The van der Waals surface area contributed by atoms with Gasteiger partial charge in [0, 0.05) is 10.8 Å². The molecule has 0 saturated carbocycles. The van der Waals surface area contributed by atoms with Crippen LogP contribution < -0.4 is 4.72 Å². The summed E-state index contributed by atoms with van der Waals surface area (Å²) in [4.78, 5) is 11.4. The van der Waals surface area contributed by atoms with Crippen molar-refractivity contribution in [1.82, 2.24) is 0 Å². The molecule has 0 unspecified atom stereocenters. The van der Waals surface area contributed by atoms with Crippen LogP contribution in [-0.2, 0) is 10.0 Å². The Morgan fingerprint density at radius 3 is 2.23 bits per heavy atom. The van der Waals surface area contributed by atoms with Crippen LogP contribution in [0.25, 0.3) is 16.8 Å². The minimum absolute atomic E-state index is 0.0251. The number of fused-ring (bicyclic) bond motifs is 1. The molecule has 0 spiro atoms. The molecule has 0 aliphatic rings. The number of nitrogens with one attached hydrogen (secondary N) is 1. The maximum Gasteiger partial charge on any atom is 0.339 e. The molecule has 0 amide bonds. The lowest BCUT2D eigenvalue weighted by molar-refractivity contribution is 0.0694. The molecule has 0 bridgehead atoms. The molecular weight excluding hydrogens is 354 g/mol. The van der Waals surface area contributed by atoms with E-state index in [-0.39, 0.29) is 21.5 Å². The second kappa shape index (κ2) is 6.53. The molecule has 0 saturated heterocycles. The summed E-state index contributed by atoms with van der Waals surface area (Å²) >= 11 is 0. The van der Waals surface area contributed by atoms with E-state index >= 15 is 0 Å². The van der Waals surface area contributed by atoms with Crippen molar-refractivity contribution in [3.63, 3.8) is 0 Å². The first-order chi connectivity index (χ1) is 12.3. The van der Waals surface area contributed by atoms with Crippen molar-refractivity contribution in [2.45, 2.75) is 4.90 Å². The summed E-state index contributed by atoms with van der Waals surface area (Å²) in [6.07, 6.45) is 1.59. The van der Waals surface area contributed by atoms with Crippen LogP contribution in [0.5, 0.6) is 5.75 Å². The maximum atomic E-state index is 12.7. The fraction of sp³-hybridized carbons (Fsp3) is 0. The van der Waals surface area contributed by atoms with Gasteiger partial charge in [0.05, 0.1) is 10.6 Å². The van der Waals surface area contributed by atoms with Crippen LogP contribution in [0.15, 0.2) is 66.1 Å². The van der Waals surface area contributed by atoms with E-state index in [1.165, 1.54) is 18.2 Å². The summed E-state index contributed by atoms with van der Waals surface area (Å²) in [5, 5.41) is 20.1. The standard InChI is InChI=1S/C19H15NO5S/c1-2-12-7-9-13(10-8-12)26(24,25)20-17-11-16(19(22)23)18(21)15-6-4-3-5-14(15)17/h2-11,20-21H,1H2,(H,22,23). The number of anilines is 1. The minimum Gasteiger partial charge on any atom is -0.506 e. The Balaban J connectivity index is 2.14. The first kappa shape index (κ1) is 17.5. The predicted octanol–water partition coefficient (Wildman–Crippen LogP) is 3.69. The van der Waals surface area contributed by atoms with E-state index in [9.17, 15) is 23.4 Å². The van der Waals surface area contributed by atoms with Crippen LogP contribution in [0.3, 0.4) is 0 Å². The normalized spacial score (nSPS) is 11.2. The van der Waals surface area contributed by atoms with E-state index in [0.717, 1.165) is 11.6 Å². The zero-order valence-electron chi connectivity index (χ0n) is 13.5. The zero-order chi connectivity index (χ0) is 18.9. The number of phenols is 1. The summed E-state index contributed by atoms with van der Waals surface area (Å²) in [6, 6.07) is 13.6. The molecule has 3 rings (SSSR count). The van der Waals surface area contributed by atoms with E-state index < -0.39 is 21.7 Å². The fourth-order valence-electron chi connectivity index (χ4n) is 2.59. The third kappa shape index (κ3) is 3.12. The van der Waals surface area contributed by atoms with Gasteiger partial charge in [-0.1, -0.05) is 49.1 Å². The molecule has 7 heteroatoms. The number of rotatable bonds is 5. The molecule has 132 valence electrons. The molecule has 3 aromatic rings. The Kier molecular flexibility index (Phi) is 4.40. The number of hydrogen-bond donors (Lipinski definition) is 3. The number of hydrogen-bond acceptors (Lipinski definition) is 4. The van der Waals surface area contributed by atoms with Crippen LogP contribution in [0, 0.1) is 0 Å². The Labute approximate surface area is 150 Å². The topological polar surface area (TPSA) is 104 Å². The van der Waals surface area contributed by atoms with E-state index in [1.54, 1.807) is 36.4 Å². The smallest absolute Gasteiger partial charge is 0.339 e. The van der Waals surface area contributed by atoms with Crippen molar-refractivity contribution in [1.29, 1.82) is 0 Å². The number of sulfonamides is 1. The van der Waals surface area contributed by atoms with Gasteiger partial charge >= 0.3 is 5.97 Å². The molecule has 0 aliphatic heterocycles. The molecule has 0 aromatic heterocycles. The number of carboxylic acids is 1. The highest BCUT2D eigenvalue weighted by Gasteiger charge is 2.20. The van der Waals surface area contributed by atoms with Gasteiger partial charge in [-0.2, -0.15) is 0 Å². The van der Waals surface area contributed by atoms with Gasteiger partial charge in [0.1, 0.15) is 11.3 Å². The maximum absolute atomic E-state index is 12.7. The van der Waals surface area contributed by atoms with Gasteiger partial charge in [-0.15, -0.1) is 0 Å². The van der Waals surface area contributed by atoms with Crippen LogP contribution in [-0.4, -0.2) is 24.6 Å². The molecular formula is C19H15NO5S. The van der Waals surface area contributed by atoms with E-state index in [0.29, 0.717) is 5.39 Å². The Morgan fingerprint density at radius 1 is 1.04 bits per heavy atom. The van der Waals surface area contributed by atoms with Crippen LogP contribution in [0.1, 0.15) is 15.9 Å².